The molecule has 316 valence electrons. The predicted octanol–water partition coefficient (Wildman–Crippen LogP) is 14.5. The van der Waals surface area contributed by atoms with E-state index in [0.29, 0.717) is 0 Å². The third-order valence-electron chi connectivity index (χ3n) is 13.5. The van der Waals surface area contributed by atoms with Gasteiger partial charge in [0.1, 0.15) is 0 Å². The van der Waals surface area contributed by atoms with Gasteiger partial charge in [-0.15, -0.1) is 0 Å². The number of hydrogen-bond donors (Lipinski definition) is 0. The first-order valence-corrected chi connectivity index (χ1v) is 25.1. The van der Waals surface area contributed by atoms with Gasteiger partial charge in [0.25, 0.3) is 0 Å². The lowest BCUT2D eigenvalue weighted by Crippen LogP contribution is -2.77. The monoisotopic (exact) mass is 870 g/mol. The Morgan fingerprint density at radius 3 is 1.43 bits per heavy atom. The van der Waals surface area contributed by atoms with Gasteiger partial charge in [0.2, 0.25) is 0 Å². The van der Waals surface area contributed by atoms with Crippen molar-refractivity contribution >= 4 is 73.7 Å². The van der Waals surface area contributed by atoms with Gasteiger partial charge in [0, 0.05) is 34.0 Å². The standard InChI is InChI=1S/C64H46N2Si/c1-5-20-50(21-6-1)59-29-15-16-30-60(59)65(55-40-35-48(36-41-55)52-34-33-47-19-13-14-22-51(47)45-52)56-42-37-49(38-43-56)53-39-44-62-64(46-53)67(57-25-9-3-10-26-57,58-27-11-4-12-28-58)63-32-18-17-31-61(63)66(62)54-23-7-2-8-24-54/h1-46H. The lowest BCUT2D eigenvalue weighted by Gasteiger charge is -2.45. The van der Waals surface area contributed by atoms with E-state index in [1.165, 1.54) is 76.3 Å². The lowest BCUT2D eigenvalue weighted by molar-refractivity contribution is 1.28. The van der Waals surface area contributed by atoms with Crippen molar-refractivity contribution in [2.24, 2.45) is 0 Å². The second-order valence-corrected chi connectivity index (χ2v) is 21.0. The van der Waals surface area contributed by atoms with Crippen LogP contribution in [0.15, 0.2) is 279 Å². The fourth-order valence-corrected chi connectivity index (χ4v) is 15.6. The zero-order valence-electron chi connectivity index (χ0n) is 37.0. The molecule has 0 saturated carbocycles. The number of rotatable bonds is 9. The first-order chi connectivity index (χ1) is 33.2. The second kappa shape index (κ2) is 17.1. The van der Waals surface area contributed by atoms with Gasteiger partial charge in [-0.25, -0.2) is 0 Å². The number of benzene rings is 11. The largest absolute Gasteiger partial charge is 0.311 e. The van der Waals surface area contributed by atoms with Crippen molar-refractivity contribution in [3.63, 3.8) is 0 Å². The van der Waals surface area contributed by atoms with Gasteiger partial charge < -0.3 is 9.80 Å². The topological polar surface area (TPSA) is 6.48 Å². The van der Waals surface area contributed by atoms with Gasteiger partial charge in [-0.2, -0.15) is 0 Å². The highest BCUT2D eigenvalue weighted by atomic mass is 28.3. The summed E-state index contributed by atoms with van der Waals surface area (Å²) in [5, 5.41) is 7.99. The molecule has 0 unspecified atom stereocenters. The highest BCUT2D eigenvalue weighted by molar-refractivity contribution is 7.21. The van der Waals surface area contributed by atoms with E-state index >= 15 is 0 Å². The van der Waals surface area contributed by atoms with E-state index in [9.17, 15) is 0 Å². The smallest absolute Gasteiger partial charge is 0.184 e. The molecule has 0 spiro atoms. The van der Waals surface area contributed by atoms with Crippen molar-refractivity contribution in [2.75, 3.05) is 9.80 Å². The molecule has 0 amide bonds. The van der Waals surface area contributed by atoms with Crippen molar-refractivity contribution < 1.29 is 0 Å². The van der Waals surface area contributed by atoms with E-state index in [0.717, 1.165) is 22.7 Å². The third-order valence-corrected chi connectivity index (χ3v) is 18.4. The maximum Gasteiger partial charge on any atom is 0.184 e. The van der Waals surface area contributed by atoms with E-state index in [-0.39, 0.29) is 0 Å². The summed E-state index contributed by atoms with van der Waals surface area (Å²) in [6, 6.07) is 103. The highest BCUT2D eigenvalue weighted by Crippen LogP contribution is 2.43. The molecule has 3 heteroatoms. The highest BCUT2D eigenvalue weighted by Gasteiger charge is 2.49. The molecule has 2 nitrogen and oxygen atoms in total. The van der Waals surface area contributed by atoms with Crippen molar-refractivity contribution in [3.8, 4) is 33.4 Å². The van der Waals surface area contributed by atoms with Crippen LogP contribution < -0.4 is 30.5 Å². The SMILES string of the molecule is c1ccc(-c2ccccc2N(c2ccc(-c3ccc4c(c3)[Si](c3ccccc3)(c3ccccc3)c3ccccc3N4c3ccccc3)cc2)c2ccc(-c3ccc4ccccc4c3)cc2)cc1. The average Bonchev–Trinajstić information content (AvgIpc) is 3.41. The molecule has 0 radical (unpaired) electrons. The average molecular weight is 871 g/mol. The summed E-state index contributed by atoms with van der Waals surface area (Å²) >= 11 is 0. The molecule has 1 heterocycles. The van der Waals surface area contributed by atoms with Gasteiger partial charge in [-0.3, -0.25) is 0 Å². The van der Waals surface area contributed by atoms with E-state index in [1.807, 2.05) is 0 Å². The first kappa shape index (κ1) is 40.0. The minimum atomic E-state index is -2.86. The van der Waals surface area contributed by atoms with E-state index < -0.39 is 8.07 Å². The summed E-state index contributed by atoms with van der Waals surface area (Å²) < 4.78 is 0. The van der Waals surface area contributed by atoms with Crippen LogP contribution in [-0.2, 0) is 0 Å². The summed E-state index contributed by atoms with van der Waals surface area (Å²) in [6.07, 6.45) is 0. The number of para-hydroxylation sites is 3. The summed E-state index contributed by atoms with van der Waals surface area (Å²) in [7, 11) is -2.86. The molecule has 0 atom stereocenters. The number of fused-ring (bicyclic) bond motifs is 3. The quantitative estimate of drug-likeness (QED) is 0.133. The van der Waals surface area contributed by atoms with E-state index in [2.05, 4.69) is 289 Å². The first-order valence-electron chi connectivity index (χ1n) is 23.1. The summed E-state index contributed by atoms with van der Waals surface area (Å²) in [5.74, 6) is 0. The van der Waals surface area contributed by atoms with Crippen LogP contribution in [0.2, 0.25) is 0 Å². The second-order valence-electron chi connectivity index (χ2n) is 17.3. The van der Waals surface area contributed by atoms with E-state index in [4.69, 9.17) is 0 Å². The fourth-order valence-electron chi connectivity index (χ4n) is 10.4. The van der Waals surface area contributed by atoms with E-state index in [1.54, 1.807) is 0 Å². The van der Waals surface area contributed by atoms with Gasteiger partial charge in [-0.1, -0.05) is 218 Å². The summed E-state index contributed by atoms with van der Waals surface area (Å²) in [6.45, 7) is 0. The van der Waals surface area contributed by atoms with Gasteiger partial charge >= 0.3 is 0 Å². The van der Waals surface area contributed by atoms with Gasteiger partial charge in [-0.05, 0) is 120 Å². The Morgan fingerprint density at radius 1 is 0.299 bits per heavy atom. The van der Waals surface area contributed by atoms with Crippen LogP contribution in [-0.4, -0.2) is 8.07 Å². The van der Waals surface area contributed by atoms with Gasteiger partial charge in [0.05, 0.1) is 5.69 Å². The minimum Gasteiger partial charge on any atom is -0.311 e. The number of hydrogen-bond acceptors (Lipinski definition) is 2. The van der Waals surface area contributed by atoms with Crippen LogP contribution in [0.3, 0.4) is 0 Å². The molecular weight excluding hydrogens is 825 g/mol. The van der Waals surface area contributed by atoms with Crippen molar-refractivity contribution in [1.29, 1.82) is 0 Å². The maximum atomic E-state index is 2.51. The van der Waals surface area contributed by atoms with Crippen LogP contribution in [0.4, 0.5) is 34.1 Å². The Kier molecular flexibility index (Phi) is 10.2. The Morgan fingerprint density at radius 2 is 0.776 bits per heavy atom. The Bertz CT molecular complexity index is 3460. The van der Waals surface area contributed by atoms with Crippen molar-refractivity contribution in [3.05, 3.63) is 279 Å². The molecule has 1 aliphatic rings. The molecule has 11 aromatic rings. The molecular formula is C64H46N2Si. The summed E-state index contributed by atoms with van der Waals surface area (Å²) in [5.41, 5.74) is 14.0. The summed E-state index contributed by atoms with van der Waals surface area (Å²) in [4.78, 5) is 4.88. The molecule has 0 saturated heterocycles. The zero-order chi connectivity index (χ0) is 44.6. The lowest BCUT2D eigenvalue weighted by atomic mass is 9.99. The van der Waals surface area contributed by atoms with Crippen molar-refractivity contribution in [1.82, 2.24) is 0 Å². The predicted molar refractivity (Wildman–Crippen MR) is 287 cm³/mol. The number of nitrogens with zero attached hydrogens (tertiary/aromatic N) is 2. The van der Waals surface area contributed by atoms with Crippen LogP contribution >= 0.6 is 0 Å². The minimum absolute atomic E-state index is 1.09. The zero-order valence-corrected chi connectivity index (χ0v) is 38.0. The van der Waals surface area contributed by atoms with Crippen LogP contribution in [0.5, 0.6) is 0 Å². The maximum absolute atomic E-state index is 2.86. The Labute approximate surface area is 394 Å². The molecule has 0 bridgehead atoms. The molecule has 12 rings (SSSR count). The Balaban J connectivity index is 1.01. The molecule has 1 aliphatic heterocycles. The van der Waals surface area contributed by atoms with Crippen LogP contribution in [0.1, 0.15) is 0 Å². The fraction of sp³-hybridized carbons (Fsp3) is 0. The Hall–Kier alpha value is -8.50. The molecule has 11 aromatic carbocycles. The van der Waals surface area contributed by atoms with Gasteiger partial charge in [0.15, 0.2) is 8.07 Å². The molecule has 0 fully saturated rings. The molecule has 0 N–H and O–H groups in total. The van der Waals surface area contributed by atoms with Crippen LogP contribution in [0.25, 0.3) is 44.2 Å². The normalized spacial score (nSPS) is 12.6. The molecule has 0 aliphatic carbocycles. The molecule has 67 heavy (non-hydrogen) atoms. The molecule has 0 aromatic heterocycles. The number of anilines is 6. The van der Waals surface area contributed by atoms with Crippen molar-refractivity contribution in [2.45, 2.75) is 0 Å². The third kappa shape index (κ3) is 7.05. The van der Waals surface area contributed by atoms with Crippen LogP contribution in [0, 0.1) is 0 Å².